The van der Waals surface area contributed by atoms with Gasteiger partial charge in [-0.05, 0) is 37.5 Å². The summed E-state index contributed by atoms with van der Waals surface area (Å²) in [5.74, 6) is 0.175. The molecule has 1 aliphatic heterocycles. The summed E-state index contributed by atoms with van der Waals surface area (Å²) >= 11 is 0. The molecule has 3 rings (SSSR count). The number of phenolic OH excluding ortho intramolecular Hbond substituents is 1. The molecule has 1 aromatic carbocycles. The third-order valence-corrected chi connectivity index (χ3v) is 4.30. The van der Waals surface area contributed by atoms with Gasteiger partial charge in [-0.3, -0.25) is 4.90 Å². The third kappa shape index (κ3) is 3.41. The van der Waals surface area contributed by atoms with E-state index >= 15 is 0 Å². The molecule has 0 unspecified atom stereocenters. The van der Waals surface area contributed by atoms with Crippen LogP contribution in [-0.4, -0.2) is 35.3 Å². The smallest absolute Gasteiger partial charge is 0.336 e. The van der Waals surface area contributed by atoms with E-state index in [1.54, 1.807) is 12.1 Å². The predicted molar refractivity (Wildman–Crippen MR) is 88.8 cm³/mol. The van der Waals surface area contributed by atoms with E-state index in [-0.39, 0.29) is 23.6 Å². The number of rotatable bonds is 3. The minimum Gasteiger partial charge on any atom is -0.508 e. The van der Waals surface area contributed by atoms with Crippen molar-refractivity contribution >= 4 is 11.0 Å². The van der Waals surface area contributed by atoms with Gasteiger partial charge >= 0.3 is 5.63 Å². The Hall–Kier alpha value is -1.85. The highest BCUT2D eigenvalue weighted by molar-refractivity contribution is 5.82. The van der Waals surface area contributed by atoms with E-state index in [2.05, 4.69) is 18.7 Å². The number of aryl methyl sites for hydroxylation is 1. The van der Waals surface area contributed by atoms with Crippen LogP contribution in [0.1, 0.15) is 31.9 Å². The van der Waals surface area contributed by atoms with E-state index < -0.39 is 0 Å². The zero-order valence-corrected chi connectivity index (χ0v) is 13.8. The maximum atomic E-state index is 11.8. The molecule has 1 fully saturated rings. The average Bonchev–Trinajstić information content (AvgIpc) is 2.45. The first-order chi connectivity index (χ1) is 11.0. The molecule has 0 radical (unpaired) electrons. The standard InChI is InChI=1S/C18H23NO4/c1-4-13-5-15-14(6-18(21)23-17(15)7-16(13)20)10-19-8-11(2)22-12(3)9-19/h5-7,11-12,20H,4,8-10H2,1-3H3/t11-,12-/m1/s1. The topological polar surface area (TPSA) is 62.9 Å². The molecule has 2 atom stereocenters. The summed E-state index contributed by atoms with van der Waals surface area (Å²) in [6, 6.07) is 5.03. The van der Waals surface area contributed by atoms with Gasteiger partial charge in [0.2, 0.25) is 0 Å². The van der Waals surface area contributed by atoms with Gasteiger partial charge in [0.25, 0.3) is 0 Å². The Balaban J connectivity index is 2.00. The Kier molecular flexibility index (Phi) is 4.41. The molecular weight excluding hydrogens is 294 g/mol. The Morgan fingerprint density at radius 2 is 1.87 bits per heavy atom. The van der Waals surface area contributed by atoms with Gasteiger partial charge in [0, 0.05) is 37.2 Å². The third-order valence-electron chi connectivity index (χ3n) is 4.30. The van der Waals surface area contributed by atoms with Gasteiger partial charge in [0.05, 0.1) is 12.2 Å². The zero-order chi connectivity index (χ0) is 16.6. The SMILES string of the molecule is CCc1cc2c(CN3C[C@@H](C)O[C@H](C)C3)cc(=O)oc2cc1O. The lowest BCUT2D eigenvalue weighted by molar-refractivity contribution is -0.0704. The maximum absolute atomic E-state index is 11.8. The summed E-state index contributed by atoms with van der Waals surface area (Å²) in [7, 11) is 0. The van der Waals surface area contributed by atoms with Crippen molar-refractivity contribution in [3.05, 3.63) is 39.7 Å². The molecule has 0 bridgehead atoms. The van der Waals surface area contributed by atoms with Crippen LogP contribution in [-0.2, 0) is 17.7 Å². The molecule has 0 saturated carbocycles. The molecule has 23 heavy (non-hydrogen) atoms. The molecule has 124 valence electrons. The van der Waals surface area contributed by atoms with Crippen LogP contribution in [0.4, 0.5) is 0 Å². The van der Waals surface area contributed by atoms with Crippen LogP contribution in [0.2, 0.25) is 0 Å². The maximum Gasteiger partial charge on any atom is 0.336 e. The molecule has 5 nitrogen and oxygen atoms in total. The van der Waals surface area contributed by atoms with Crippen molar-refractivity contribution in [3.63, 3.8) is 0 Å². The van der Waals surface area contributed by atoms with Crippen LogP contribution < -0.4 is 5.63 Å². The molecule has 0 amide bonds. The Morgan fingerprint density at radius 1 is 1.17 bits per heavy atom. The fourth-order valence-corrected chi connectivity index (χ4v) is 3.38. The van der Waals surface area contributed by atoms with Crippen molar-refractivity contribution in [1.82, 2.24) is 4.90 Å². The first-order valence-electron chi connectivity index (χ1n) is 8.12. The highest BCUT2D eigenvalue weighted by Crippen LogP contribution is 2.28. The van der Waals surface area contributed by atoms with Gasteiger partial charge < -0.3 is 14.3 Å². The van der Waals surface area contributed by atoms with Crippen molar-refractivity contribution in [2.45, 2.75) is 45.9 Å². The van der Waals surface area contributed by atoms with E-state index in [0.29, 0.717) is 12.1 Å². The molecule has 1 aromatic heterocycles. The largest absolute Gasteiger partial charge is 0.508 e. The number of morpholine rings is 1. The van der Waals surface area contributed by atoms with Crippen molar-refractivity contribution in [2.75, 3.05) is 13.1 Å². The highest BCUT2D eigenvalue weighted by Gasteiger charge is 2.23. The van der Waals surface area contributed by atoms with Gasteiger partial charge in [-0.1, -0.05) is 6.92 Å². The first kappa shape index (κ1) is 16.0. The van der Waals surface area contributed by atoms with Crippen LogP contribution in [0.25, 0.3) is 11.0 Å². The van der Waals surface area contributed by atoms with Crippen LogP contribution in [0, 0.1) is 0 Å². The predicted octanol–water partition coefficient (Wildman–Crippen LogP) is 2.67. The number of fused-ring (bicyclic) bond motifs is 1. The van der Waals surface area contributed by atoms with Gasteiger partial charge in [-0.25, -0.2) is 4.79 Å². The summed E-state index contributed by atoms with van der Waals surface area (Å²) in [4.78, 5) is 14.1. The van der Waals surface area contributed by atoms with Crippen molar-refractivity contribution < 1.29 is 14.3 Å². The number of hydrogen-bond donors (Lipinski definition) is 1. The number of hydrogen-bond acceptors (Lipinski definition) is 5. The van der Waals surface area contributed by atoms with Crippen LogP contribution in [0.5, 0.6) is 5.75 Å². The molecule has 0 spiro atoms. The lowest BCUT2D eigenvalue weighted by Crippen LogP contribution is -2.44. The molecular formula is C18H23NO4. The molecule has 2 aromatic rings. The fourth-order valence-electron chi connectivity index (χ4n) is 3.38. The van der Waals surface area contributed by atoms with Crippen molar-refractivity contribution in [3.8, 4) is 5.75 Å². The van der Waals surface area contributed by atoms with Crippen LogP contribution >= 0.6 is 0 Å². The summed E-state index contributed by atoms with van der Waals surface area (Å²) in [6.45, 7) is 8.47. The minimum absolute atomic E-state index is 0.175. The lowest BCUT2D eigenvalue weighted by Gasteiger charge is -2.35. The number of aromatic hydroxyl groups is 1. The second kappa shape index (κ2) is 6.34. The minimum atomic E-state index is -0.384. The Labute approximate surface area is 135 Å². The average molecular weight is 317 g/mol. The molecule has 0 aliphatic carbocycles. The number of phenols is 1. The van der Waals surface area contributed by atoms with E-state index in [1.165, 1.54) is 0 Å². The van der Waals surface area contributed by atoms with E-state index in [9.17, 15) is 9.90 Å². The first-order valence-corrected chi connectivity index (χ1v) is 8.12. The van der Waals surface area contributed by atoms with Crippen LogP contribution in [0.3, 0.4) is 0 Å². The van der Waals surface area contributed by atoms with Gasteiger partial charge in [0.15, 0.2) is 0 Å². The molecule has 5 heteroatoms. The van der Waals surface area contributed by atoms with E-state index in [1.807, 2.05) is 13.0 Å². The molecule has 1 aliphatic rings. The second-order valence-electron chi connectivity index (χ2n) is 6.37. The molecule has 1 N–H and O–H groups in total. The van der Waals surface area contributed by atoms with Crippen molar-refractivity contribution in [2.24, 2.45) is 0 Å². The number of nitrogens with zero attached hydrogens (tertiary/aromatic N) is 1. The summed E-state index contributed by atoms with van der Waals surface area (Å²) in [6.07, 6.45) is 1.09. The summed E-state index contributed by atoms with van der Waals surface area (Å²) in [5.41, 5.74) is 1.85. The van der Waals surface area contributed by atoms with E-state index in [4.69, 9.17) is 9.15 Å². The Bertz CT molecular complexity index is 757. The number of ether oxygens (including phenoxy) is 1. The molecule has 1 saturated heterocycles. The Morgan fingerprint density at radius 3 is 2.52 bits per heavy atom. The quantitative estimate of drug-likeness (QED) is 0.882. The lowest BCUT2D eigenvalue weighted by atomic mass is 10.0. The van der Waals surface area contributed by atoms with Gasteiger partial charge in [-0.15, -0.1) is 0 Å². The molecule has 2 heterocycles. The highest BCUT2D eigenvalue weighted by atomic mass is 16.5. The zero-order valence-electron chi connectivity index (χ0n) is 13.8. The van der Waals surface area contributed by atoms with Crippen molar-refractivity contribution in [1.29, 1.82) is 0 Å². The van der Waals surface area contributed by atoms with Crippen LogP contribution in [0.15, 0.2) is 27.4 Å². The summed E-state index contributed by atoms with van der Waals surface area (Å²) in [5, 5.41) is 10.9. The normalized spacial score (nSPS) is 22.6. The monoisotopic (exact) mass is 317 g/mol. The number of benzene rings is 1. The van der Waals surface area contributed by atoms with Gasteiger partial charge in [0.1, 0.15) is 11.3 Å². The fraction of sp³-hybridized carbons (Fsp3) is 0.500. The van der Waals surface area contributed by atoms with E-state index in [0.717, 1.165) is 36.0 Å². The second-order valence-corrected chi connectivity index (χ2v) is 6.37. The van der Waals surface area contributed by atoms with Gasteiger partial charge in [-0.2, -0.15) is 0 Å². The summed E-state index contributed by atoms with van der Waals surface area (Å²) < 4.78 is 11.0.